The zero-order chi connectivity index (χ0) is 23.9. The van der Waals surface area contributed by atoms with Gasteiger partial charge in [0, 0.05) is 68.7 Å². The van der Waals surface area contributed by atoms with Crippen molar-refractivity contribution in [1.82, 2.24) is 14.9 Å². The van der Waals surface area contributed by atoms with E-state index in [0.717, 1.165) is 17.5 Å². The van der Waals surface area contributed by atoms with E-state index in [4.69, 9.17) is 4.98 Å². The topological polar surface area (TPSA) is 69.6 Å². The summed E-state index contributed by atoms with van der Waals surface area (Å²) in [7, 11) is -3.65. The number of halogens is 2. The van der Waals surface area contributed by atoms with Crippen LogP contribution in [0.15, 0.2) is 29.3 Å². The summed E-state index contributed by atoms with van der Waals surface area (Å²) in [5, 5.41) is 0. The maximum atomic E-state index is 14.1. The van der Waals surface area contributed by atoms with Crippen LogP contribution < -0.4 is 9.80 Å². The van der Waals surface area contributed by atoms with Gasteiger partial charge in [-0.15, -0.1) is 0 Å². The van der Waals surface area contributed by atoms with Crippen LogP contribution in [0.2, 0.25) is 0 Å². The van der Waals surface area contributed by atoms with Crippen LogP contribution in [0.25, 0.3) is 0 Å². The lowest BCUT2D eigenvalue weighted by Gasteiger charge is -2.44. The molecule has 0 bridgehead atoms. The van der Waals surface area contributed by atoms with Crippen molar-refractivity contribution in [3.05, 3.63) is 41.5 Å². The lowest BCUT2D eigenvalue weighted by atomic mass is 9.99. The number of anilines is 2. The van der Waals surface area contributed by atoms with Gasteiger partial charge in [0.1, 0.15) is 16.9 Å². The smallest absolute Gasteiger partial charge is 0.225 e. The Bertz CT molecular complexity index is 1120. The Morgan fingerprint density at radius 3 is 2.52 bits per heavy atom. The highest BCUT2D eigenvalue weighted by Crippen LogP contribution is 2.29. The van der Waals surface area contributed by atoms with E-state index >= 15 is 0 Å². The quantitative estimate of drug-likeness (QED) is 0.631. The number of rotatable bonds is 6. The third-order valence-corrected chi connectivity index (χ3v) is 7.61. The predicted molar refractivity (Wildman–Crippen MR) is 125 cm³/mol. The Balaban J connectivity index is 1.53. The average molecular weight is 480 g/mol. The zero-order valence-corrected chi connectivity index (χ0v) is 20.3. The molecule has 2 aliphatic rings. The average Bonchev–Trinajstić information content (AvgIpc) is 2.73. The van der Waals surface area contributed by atoms with Crippen molar-refractivity contribution in [2.24, 2.45) is 5.92 Å². The number of piperazine rings is 1. The molecule has 2 fully saturated rings. The molecule has 0 aliphatic carbocycles. The molecule has 0 N–H and O–H groups in total. The van der Waals surface area contributed by atoms with E-state index in [1.165, 1.54) is 12.1 Å². The summed E-state index contributed by atoms with van der Waals surface area (Å²) in [5.74, 6) is 0.218. The van der Waals surface area contributed by atoms with Crippen molar-refractivity contribution in [2.45, 2.75) is 44.4 Å². The minimum absolute atomic E-state index is 0.0958. The van der Waals surface area contributed by atoms with Gasteiger partial charge in [-0.2, -0.15) is 0 Å². The fourth-order valence-corrected chi connectivity index (χ4v) is 5.24. The number of hydrogen-bond donors (Lipinski definition) is 0. The highest BCUT2D eigenvalue weighted by molar-refractivity contribution is 7.90. The Morgan fingerprint density at radius 1 is 1.18 bits per heavy atom. The summed E-state index contributed by atoms with van der Waals surface area (Å²) in [6.45, 7) is 9.73. The van der Waals surface area contributed by atoms with Gasteiger partial charge in [-0.3, -0.25) is 4.90 Å². The molecule has 0 radical (unpaired) electrons. The van der Waals surface area contributed by atoms with Crippen LogP contribution in [0.1, 0.15) is 25.1 Å². The van der Waals surface area contributed by atoms with Crippen LogP contribution >= 0.6 is 0 Å². The second-order valence-corrected chi connectivity index (χ2v) is 11.4. The summed E-state index contributed by atoms with van der Waals surface area (Å²) in [4.78, 5) is 15.4. The zero-order valence-electron chi connectivity index (χ0n) is 19.5. The fourth-order valence-electron chi connectivity index (χ4n) is 4.49. The second kappa shape index (κ2) is 9.13. The van der Waals surface area contributed by atoms with E-state index in [9.17, 15) is 17.2 Å². The molecule has 0 saturated carbocycles. The first kappa shape index (κ1) is 23.8. The summed E-state index contributed by atoms with van der Waals surface area (Å²) < 4.78 is 51.1. The summed E-state index contributed by atoms with van der Waals surface area (Å²) in [5.41, 5.74) is 2.59. The molecule has 7 nitrogen and oxygen atoms in total. The number of aryl methyl sites for hydroxylation is 1. The molecule has 1 aromatic carbocycles. The van der Waals surface area contributed by atoms with Crippen molar-refractivity contribution in [1.29, 1.82) is 0 Å². The molecule has 1 atom stereocenters. The molecule has 10 heteroatoms. The number of likely N-dealkylation sites (tertiary alicyclic amines) is 1. The highest BCUT2D eigenvalue weighted by atomic mass is 32.2. The van der Waals surface area contributed by atoms with Crippen molar-refractivity contribution < 1.29 is 17.2 Å². The number of hydrogen-bond acceptors (Lipinski definition) is 7. The van der Waals surface area contributed by atoms with Gasteiger partial charge in [0.25, 0.3) is 0 Å². The molecule has 180 valence electrons. The van der Waals surface area contributed by atoms with Crippen LogP contribution in [0.3, 0.4) is 0 Å². The van der Waals surface area contributed by atoms with Crippen LogP contribution in [-0.2, 0) is 16.4 Å². The minimum Gasteiger partial charge on any atom is -0.368 e. The molecule has 2 aliphatic heterocycles. The van der Waals surface area contributed by atoms with Gasteiger partial charge in [-0.1, -0.05) is 13.8 Å². The third kappa shape index (κ3) is 5.11. The van der Waals surface area contributed by atoms with Crippen molar-refractivity contribution in [3.8, 4) is 0 Å². The molecular weight excluding hydrogens is 448 g/mol. The number of benzene rings is 1. The van der Waals surface area contributed by atoms with Gasteiger partial charge in [0.05, 0.1) is 6.04 Å². The van der Waals surface area contributed by atoms with Crippen molar-refractivity contribution in [2.75, 3.05) is 48.8 Å². The van der Waals surface area contributed by atoms with Crippen molar-refractivity contribution >= 4 is 21.5 Å². The summed E-state index contributed by atoms with van der Waals surface area (Å²) >= 11 is 0. The lowest BCUT2D eigenvalue weighted by Crippen LogP contribution is -2.56. The second-order valence-electron chi connectivity index (χ2n) is 9.41. The van der Waals surface area contributed by atoms with E-state index in [2.05, 4.69) is 28.6 Å². The molecule has 33 heavy (non-hydrogen) atoms. The van der Waals surface area contributed by atoms with Gasteiger partial charge < -0.3 is 9.80 Å². The first-order valence-corrected chi connectivity index (χ1v) is 13.1. The van der Waals surface area contributed by atoms with Crippen LogP contribution in [0.5, 0.6) is 0 Å². The Hall–Kier alpha value is -2.33. The molecule has 0 unspecified atom stereocenters. The first-order valence-electron chi connectivity index (χ1n) is 11.2. The van der Waals surface area contributed by atoms with E-state index in [0.29, 0.717) is 50.9 Å². The van der Waals surface area contributed by atoms with E-state index in [1.807, 2.05) is 18.0 Å². The summed E-state index contributed by atoms with van der Waals surface area (Å²) in [6, 6.07) is 4.37. The van der Waals surface area contributed by atoms with Gasteiger partial charge in [0.2, 0.25) is 5.95 Å². The maximum absolute atomic E-state index is 14.1. The first-order chi connectivity index (χ1) is 15.5. The number of alkyl halides is 1. The largest absolute Gasteiger partial charge is 0.368 e. The minimum atomic E-state index is -3.65. The predicted octanol–water partition coefficient (Wildman–Crippen LogP) is 2.83. The molecule has 0 spiro atoms. The van der Waals surface area contributed by atoms with Gasteiger partial charge in [-0.05, 0) is 31.0 Å². The van der Waals surface area contributed by atoms with E-state index in [1.54, 1.807) is 6.07 Å². The highest BCUT2D eigenvalue weighted by Gasteiger charge is 2.32. The lowest BCUT2D eigenvalue weighted by molar-refractivity contribution is 0.0587. The van der Waals surface area contributed by atoms with Crippen LogP contribution in [0, 0.1) is 18.7 Å². The third-order valence-electron chi connectivity index (χ3n) is 6.50. The Labute approximate surface area is 194 Å². The van der Waals surface area contributed by atoms with Gasteiger partial charge in [0.15, 0.2) is 9.84 Å². The standard InChI is InChI=1S/C23H31F2N5O2S/c1-15(2)21-14-29(19-5-6-20(25)22(9-19)33(4,31)32)7-8-30(21)23-26-10-17(16(3)27-23)11-28-12-18(24)13-28/h5-6,9-10,15,18,21H,7-8,11-14H2,1-4H3/t21-/m0/s1. The number of sulfone groups is 1. The fraction of sp³-hybridized carbons (Fsp3) is 0.565. The molecule has 0 amide bonds. The SMILES string of the molecule is Cc1nc(N2CCN(c3ccc(F)c(S(C)(=O)=O)c3)C[C@H]2C(C)C)ncc1CN1CC(F)C1. The Morgan fingerprint density at radius 2 is 1.91 bits per heavy atom. The van der Waals surface area contributed by atoms with Gasteiger partial charge in [-0.25, -0.2) is 27.2 Å². The molecule has 2 saturated heterocycles. The van der Waals surface area contributed by atoms with E-state index < -0.39 is 21.8 Å². The maximum Gasteiger partial charge on any atom is 0.225 e. The van der Waals surface area contributed by atoms with Crippen LogP contribution in [0.4, 0.5) is 20.4 Å². The monoisotopic (exact) mass is 479 g/mol. The van der Waals surface area contributed by atoms with E-state index in [-0.39, 0.29) is 16.9 Å². The molecule has 1 aromatic heterocycles. The number of aromatic nitrogens is 2. The Kier molecular flexibility index (Phi) is 6.59. The van der Waals surface area contributed by atoms with Gasteiger partial charge >= 0.3 is 0 Å². The summed E-state index contributed by atoms with van der Waals surface area (Å²) in [6.07, 6.45) is 2.12. The normalized spacial score (nSPS) is 20.4. The van der Waals surface area contributed by atoms with Crippen LogP contribution in [-0.4, -0.2) is 74.5 Å². The molecular formula is C23H31F2N5O2S. The molecule has 2 aromatic rings. The molecule has 4 rings (SSSR count). The van der Waals surface area contributed by atoms with Crippen molar-refractivity contribution in [3.63, 3.8) is 0 Å². The number of nitrogens with zero attached hydrogens (tertiary/aromatic N) is 5. The molecule has 3 heterocycles.